The molecule has 0 radical (unpaired) electrons. The minimum Gasteiger partial charge on any atom is -0.481 e. The molecule has 0 aromatic carbocycles. The summed E-state index contributed by atoms with van der Waals surface area (Å²) in [4.78, 5) is 19.6. The van der Waals surface area contributed by atoms with E-state index < -0.39 is 11.4 Å². The number of carboxylic acid groups (broad SMARTS) is 1. The van der Waals surface area contributed by atoms with Gasteiger partial charge in [0.05, 0.1) is 12.8 Å². The summed E-state index contributed by atoms with van der Waals surface area (Å²) in [6.07, 6.45) is 1.72. The SMILES string of the molecule is COc1ccc(CNc2nc(C(C)(C)C(=O)O)cs2)cn1. The molecule has 0 saturated carbocycles. The van der Waals surface area contributed by atoms with Crippen LogP contribution in [0.3, 0.4) is 0 Å². The Labute approximate surface area is 126 Å². The maximum Gasteiger partial charge on any atom is 0.315 e. The van der Waals surface area contributed by atoms with Gasteiger partial charge in [0.15, 0.2) is 5.13 Å². The summed E-state index contributed by atoms with van der Waals surface area (Å²) in [7, 11) is 1.57. The fraction of sp³-hybridized carbons (Fsp3) is 0.357. The molecule has 0 unspecified atom stereocenters. The van der Waals surface area contributed by atoms with Crippen LogP contribution < -0.4 is 10.1 Å². The summed E-state index contributed by atoms with van der Waals surface area (Å²) in [6, 6.07) is 3.70. The summed E-state index contributed by atoms with van der Waals surface area (Å²) in [5, 5.41) is 14.8. The largest absolute Gasteiger partial charge is 0.481 e. The maximum absolute atomic E-state index is 11.2. The molecule has 0 atom stereocenters. The van der Waals surface area contributed by atoms with Crippen LogP contribution >= 0.6 is 11.3 Å². The third-order valence-corrected chi connectivity index (χ3v) is 3.93. The molecule has 2 heterocycles. The molecule has 2 aromatic rings. The van der Waals surface area contributed by atoms with Crippen molar-refractivity contribution in [2.24, 2.45) is 0 Å². The van der Waals surface area contributed by atoms with Gasteiger partial charge in [0, 0.05) is 24.2 Å². The van der Waals surface area contributed by atoms with Gasteiger partial charge < -0.3 is 15.2 Å². The average molecular weight is 307 g/mol. The molecule has 0 fully saturated rings. The van der Waals surface area contributed by atoms with Gasteiger partial charge in [-0.05, 0) is 19.4 Å². The second-order valence-corrected chi connectivity index (χ2v) is 5.89. The van der Waals surface area contributed by atoms with Gasteiger partial charge in [0.2, 0.25) is 5.88 Å². The normalized spacial score (nSPS) is 11.2. The first-order valence-electron chi connectivity index (χ1n) is 6.35. The third-order valence-electron chi connectivity index (χ3n) is 3.13. The Morgan fingerprint density at radius 3 is 2.81 bits per heavy atom. The Morgan fingerprint density at radius 2 is 2.24 bits per heavy atom. The molecule has 0 aliphatic heterocycles. The number of pyridine rings is 1. The molecule has 21 heavy (non-hydrogen) atoms. The van der Waals surface area contributed by atoms with E-state index in [0.717, 1.165) is 5.56 Å². The molecule has 0 amide bonds. The number of hydrogen-bond donors (Lipinski definition) is 2. The van der Waals surface area contributed by atoms with Crippen molar-refractivity contribution in [2.45, 2.75) is 25.8 Å². The lowest BCUT2D eigenvalue weighted by Gasteiger charge is -2.15. The monoisotopic (exact) mass is 307 g/mol. The van der Waals surface area contributed by atoms with E-state index in [2.05, 4.69) is 15.3 Å². The van der Waals surface area contributed by atoms with Crippen LogP contribution in [0.5, 0.6) is 5.88 Å². The Hall–Kier alpha value is -2.15. The van der Waals surface area contributed by atoms with Crippen LogP contribution in [-0.2, 0) is 16.8 Å². The number of aliphatic carboxylic acids is 1. The van der Waals surface area contributed by atoms with Crippen LogP contribution in [-0.4, -0.2) is 28.2 Å². The van der Waals surface area contributed by atoms with E-state index in [1.165, 1.54) is 11.3 Å². The van der Waals surface area contributed by atoms with E-state index >= 15 is 0 Å². The molecule has 2 rings (SSSR count). The predicted molar refractivity (Wildman–Crippen MR) is 80.9 cm³/mol. The Bertz CT molecular complexity index is 623. The maximum atomic E-state index is 11.2. The van der Waals surface area contributed by atoms with Crippen LogP contribution in [0.2, 0.25) is 0 Å². The van der Waals surface area contributed by atoms with Crippen molar-refractivity contribution in [1.82, 2.24) is 9.97 Å². The minimum absolute atomic E-state index is 0.551. The van der Waals surface area contributed by atoms with Crippen molar-refractivity contribution in [1.29, 1.82) is 0 Å². The van der Waals surface area contributed by atoms with E-state index in [9.17, 15) is 9.90 Å². The molecular weight excluding hydrogens is 290 g/mol. The molecule has 0 aliphatic rings. The summed E-state index contributed by atoms with van der Waals surface area (Å²) in [5.74, 6) is -0.322. The van der Waals surface area contributed by atoms with Crippen LogP contribution in [0.1, 0.15) is 25.1 Å². The number of aromatic nitrogens is 2. The quantitative estimate of drug-likeness (QED) is 0.853. The number of nitrogens with zero attached hydrogens (tertiary/aromatic N) is 2. The number of methoxy groups -OCH3 is 1. The van der Waals surface area contributed by atoms with Crippen LogP contribution in [0, 0.1) is 0 Å². The lowest BCUT2D eigenvalue weighted by molar-refractivity contribution is -0.142. The lowest BCUT2D eigenvalue weighted by Crippen LogP contribution is -2.28. The van der Waals surface area contributed by atoms with E-state index in [-0.39, 0.29) is 0 Å². The first kappa shape index (κ1) is 15.2. The Balaban J connectivity index is 2.01. The first-order valence-corrected chi connectivity index (χ1v) is 7.23. The zero-order valence-electron chi connectivity index (χ0n) is 12.1. The number of ether oxygens (including phenoxy) is 1. The molecule has 0 aliphatic carbocycles. The van der Waals surface area contributed by atoms with E-state index in [4.69, 9.17) is 4.74 Å². The van der Waals surface area contributed by atoms with Crippen LogP contribution in [0.4, 0.5) is 5.13 Å². The summed E-state index contributed by atoms with van der Waals surface area (Å²) >= 11 is 1.39. The molecule has 6 nitrogen and oxygen atoms in total. The summed E-state index contributed by atoms with van der Waals surface area (Å²) in [6.45, 7) is 3.85. The molecular formula is C14H17N3O3S. The van der Waals surface area contributed by atoms with Gasteiger partial charge in [-0.1, -0.05) is 6.07 Å². The van der Waals surface area contributed by atoms with Crippen molar-refractivity contribution < 1.29 is 14.6 Å². The fourth-order valence-electron chi connectivity index (χ4n) is 1.57. The zero-order valence-corrected chi connectivity index (χ0v) is 12.9. The van der Waals surface area contributed by atoms with Crippen molar-refractivity contribution in [2.75, 3.05) is 12.4 Å². The van der Waals surface area contributed by atoms with Crippen LogP contribution in [0.15, 0.2) is 23.7 Å². The molecule has 0 bridgehead atoms. The Morgan fingerprint density at radius 1 is 1.48 bits per heavy atom. The zero-order chi connectivity index (χ0) is 15.5. The highest BCUT2D eigenvalue weighted by molar-refractivity contribution is 7.13. The lowest BCUT2D eigenvalue weighted by atomic mass is 9.90. The van der Waals surface area contributed by atoms with Crippen molar-refractivity contribution in [3.8, 4) is 5.88 Å². The number of nitrogens with one attached hydrogen (secondary N) is 1. The minimum atomic E-state index is -0.988. The number of anilines is 1. The smallest absolute Gasteiger partial charge is 0.315 e. The highest BCUT2D eigenvalue weighted by atomic mass is 32.1. The summed E-state index contributed by atoms with van der Waals surface area (Å²) < 4.78 is 5.00. The van der Waals surface area contributed by atoms with E-state index in [1.807, 2.05) is 6.07 Å². The molecule has 2 aromatic heterocycles. The first-order chi connectivity index (χ1) is 9.93. The van der Waals surface area contributed by atoms with Gasteiger partial charge >= 0.3 is 5.97 Å². The highest BCUT2D eigenvalue weighted by Gasteiger charge is 2.32. The highest BCUT2D eigenvalue weighted by Crippen LogP contribution is 2.27. The van der Waals surface area contributed by atoms with Gasteiger partial charge in [-0.2, -0.15) is 0 Å². The van der Waals surface area contributed by atoms with Crippen molar-refractivity contribution >= 4 is 22.4 Å². The Kier molecular flexibility index (Phi) is 4.42. The standard InChI is InChI=1S/C14H17N3O3S/c1-14(2,12(18)19)10-8-21-13(17-10)16-7-9-4-5-11(20-3)15-6-9/h4-6,8H,7H2,1-3H3,(H,16,17)(H,18,19). The molecule has 0 saturated heterocycles. The number of thiazole rings is 1. The van der Waals surface area contributed by atoms with E-state index in [1.54, 1.807) is 38.6 Å². The predicted octanol–water partition coefficient (Wildman–Crippen LogP) is 2.52. The summed E-state index contributed by atoms with van der Waals surface area (Å²) in [5.41, 5.74) is 0.554. The van der Waals surface area contributed by atoms with Gasteiger partial charge in [0.25, 0.3) is 0 Å². The molecule has 2 N–H and O–H groups in total. The fourth-order valence-corrected chi connectivity index (χ4v) is 2.44. The molecule has 112 valence electrons. The second-order valence-electron chi connectivity index (χ2n) is 5.03. The number of rotatable bonds is 6. The second kappa shape index (κ2) is 6.09. The molecule has 0 spiro atoms. The number of hydrogen-bond acceptors (Lipinski definition) is 6. The van der Waals surface area contributed by atoms with Gasteiger partial charge in [-0.25, -0.2) is 9.97 Å². The van der Waals surface area contributed by atoms with Gasteiger partial charge in [0.1, 0.15) is 5.41 Å². The number of carboxylic acids is 1. The van der Waals surface area contributed by atoms with Gasteiger partial charge in [-0.3, -0.25) is 4.79 Å². The van der Waals surface area contributed by atoms with Crippen LogP contribution in [0.25, 0.3) is 0 Å². The molecule has 7 heteroatoms. The average Bonchev–Trinajstić information content (AvgIpc) is 2.95. The van der Waals surface area contributed by atoms with Crippen molar-refractivity contribution in [3.63, 3.8) is 0 Å². The van der Waals surface area contributed by atoms with Gasteiger partial charge in [-0.15, -0.1) is 11.3 Å². The third kappa shape index (κ3) is 3.49. The van der Waals surface area contributed by atoms with Crippen molar-refractivity contribution in [3.05, 3.63) is 35.0 Å². The topological polar surface area (TPSA) is 84.3 Å². The van der Waals surface area contributed by atoms with E-state index in [0.29, 0.717) is 23.3 Å². The number of carbonyl (C=O) groups is 1.